The fourth-order valence-electron chi connectivity index (χ4n) is 7.29. The van der Waals surface area contributed by atoms with E-state index in [1.807, 2.05) is 24.7 Å². The molecular formula is C40H25N5. The van der Waals surface area contributed by atoms with Gasteiger partial charge in [-0.3, -0.25) is 9.55 Å². The Morgan fingerprint density at radius 3 is 1.67 bits per heavy atom. The third-order valence-electron chi connectivity index (χ3n) is 9.17. The van der Waals surface area contributed by atoms with Crippen molar-refractivity contribution >= 4 is 65.5 Å². The van der Waals surface area contributed by atoms with Crippen molar-refractivity contribution in [2.45, 2.75) is 0 Å². The maximum atomic E-state index is 4.84. The van der Waals surface area contributed by atoms with Gasteiger partial charge in [0.25, 0.3) is 0 Å². The van der Waals surface area contributed by atoms with Gasteiger partial charge in [-0.1, -0.05) is 54.6 Å². The van der Waals surface area contributed by atoms with Crippen LogP contribution >= 0.6 is 0 Å². The summed E-state index contributed by atoms with van der Waals surface area (Å²) in [6.07, 6.45) is 5.73. The number of aromatic nitrogens is 5. The van der Waals surface area contributed by atoms with Gasteiger partial charge in [0, 0.05) is 61.8 Å². The number of benzene rings is 5. The van der Waals surface area contributed by atoms with Crippen molar-refractivity contribution in [3.8, 4) is 17.1 Å². The van der Waals surface area contributed by atoms with Gasteiger partial charge in [-0.05, 0) is 78.9 Å². The van der Waals surface area contributed by atoms with E-state index < -0.39 is 0 Å². The van der Waals surface area contributed by atoms with Crippen LogP contribution in [0.25, 0.3) is 82.6 Å². The Hall–Kier alpha value is -6.20. The monoisotopic (exact) mass is 575 g/mol. The number of hydrogen-bond acceptors (Lipinski definition) is 2. The standard InChI is InChI=1S/C40H25N5/c1-2-9-26(10-3-1)43-37-18-16-27(44-35-14-6-4-11-29(35)31-20-22-41-25-39(31)44)23-33(37)34-24-28(17-19-38(34)43)45-36-15-7-5-12-30(36)32-13-8-21-42-40(32)45/h1-25H. The van der Waals surface area contributed by atoms with Crippen molar-refractivity contribution in [2.75, 3.05) is 0 Å². The Balaban J connectivity index is 1.31. The van der Waals surface area contributed by atoms with E-state index in [9.17, 15) is 0 Å². The second kappa shape index (κ2) is 9.15. The van der Waals surface area contributed by atoms with Gasteiger partial charge in [-0.25, -0.2) is 4.98 Å². The fourth-order valence-corrected chi connectivity index (χ4v) is 7.29. The minimum Gasteiger partial charge on any atom is -0.309 e. The van der Waals surface area contributed by atoms with Crippen LogP contribution in [0.3, 0.4) is 0 Å². The second-order valence-electron chi connectivity index (χ2n) is 11.5. The molecule has 0 aliphatic heterocycles. The fraction of sp³-hybridized carbons (Fsp3) is 0. The van der Waals surface area contributed by atoms with E-state index in [0.717, 1.165) is 50.2 Å². The third kappa shape index (κ3) is 3.38. The van der Waals surface area contributed by atoms with Crippen molar-refractivity contribution in [3.05, 3.63) is 152 Å². The second-order valence-corrected chi connectivity index (χ2v) is 11.5. The van der Waals surface area contributed by atoms with Crippen molar-refractivity contribution in [3.63, 3.8) is 0 Å². The topological polar surface area (TPSA) is 40.6 Å². The number of pyridine rings is 2. The van der Waals surface area contributed by atoms with Crippen molar-refractivity contribution in [2.24, 2.45) is 0 Å². The summed E-state index contributed by atoms with van der Waals surface area (Å²) in [5.41, 5.74) is 10.0. The highest BCUT2D eigenvalue weighted by Crippen LogP contribution is 2.38. The maximum Gasteiger partial charge on any atom is 0.145 e. The van der Waals surface area contributed by atoms with Gasteiger partial charge in [-0.15, -0.1) is 0 Å². The molecule has 0 aliphatic carbocycles. The summed E-state index contributed by atoms with van der Waals surface area (Å²) < 4.78 is 7.00. The highest BCUT2D eigenvalue weighted by molar-refractivity contribution is 6.13. The van der Waals surface area contributed by atoms with E-state index >= 15 is 0 Å². The van der Waals surface area contributed by atoms with Gasteiger partial charge >= 0.3 is 0 Å². The van der Waals surface area contributed by atoms with Crippen LogP contribution in [0.4, 0.5) is 0 Å². The van der Waals surface area contributed by atoms with Crippen molar-refractivity contribution in [1.29, 1.82) is 0 Å². The average Bonchev–Trinajstić information content (AvgIpc) is 3.74. The highest BCUT2D eigenvalue weighted by atomic mass is 15.1. The first-order valence-electron chi connectivity index (χ1n) is 15.2. The van der Waals surface area contributed by atoms with E-state index in [4.69, 9.17) is 4.98 Å². The molecule has 0 unspecified atom stereocenters. The predicted molar refractivity (Wildman–Crippen MR) is 185 cm³/mol. The number of fused-ring (bicyclic) bond motifs is 9. The molecule has 5 aromatic heterocycles. The molecule has 0 aliphatic rings. The summed E-state index contributed by atoms with van der Waals surface area (Å²) in [6.45, 7) is 0. The van der Waals surface area contributed by atoms with Crippen molar-refractivity contribution in [1.82, 2.24) is 23.7 Å². The normalized spacial score (nSPS) is 12.0. The molecule has 0 N–H and O–H groups in total. The summed E-state index contributed by atoms with van der Waals surface area (Å²) >= 11 is 0. The molecule has 10 rings (SSSR count). The molecule has 0 bridgehead atoms. The number of para-hydroxylation sites is 3. The molecule has 5 nitrogen and oxygen atoms in total. The van der Waals surface area contributed by atoms with Crippen LogP contribution in [-0.4, -0.2) is 23.7 Å². The van der Waals surface area contributed by atoms with Crippen LogP contribution < -0.4 is 0 Å². The van der Waals surface area contributed by atoms with Gasteiger partial charge in [0.2, 0.25) is 0 Å². The molecule has 5 heterocycles. The molecule has 0 fully saturated rings. The Morgan fingerprint density at radius 1 is 0.356 bits per heavy atom. The summed E-state index contributed by atoms with van der Waals surface area (Å²) in [4.78, 5) is 9.35. The third-order valence-corrected chi connectivity index (χ3v) is 9.17. The van der Waals surface area contributed by atoms with Crippen LogP contribution in [0.2, 0.25) is 0 Å². The molecule has 0 spiro atoms. The minimum atomic E-state index is 0.961. The molecule has 5 heteroatoms. The number of rotatable bonds is 3. The highest BCUT2D eigenvalue weighted by Gasteiger charge is 2.19. The molecule has 210 valence electrons. The molecule has 0 atom stereocenters. The molecule has 5 aromatic carbocycles. The Labute approximate surface area is 257 Å². The SMILES string of the molecule is c1ccc(-n2c3ccc(-n4c5ccccc5c5ccncc54)cc3c3cc(-n4c5ccccc5c5cccnc54)ccc32)cc1. The first kappa shape index (κ1) is 24.3. The summed E-state index contributed by atoms with van der Waals surface area (Å²) in [5, 5.41) is 7.17. The van der Waals surface area contributed by atoms with Gasteiger partial charge in [0.1, 0.15) is 5.65 Å². The predicted octanol–water partition coefficient (Wildman–Crippen LogP) is 9.77. The van der Waals surface area contributed by atoms with Crippen LogP contribution in [-0.2, 0) is 0 Å². The smallest absolute Gasteiger partial charge is 0.145 e. The zero-order valence-corrected chi connectivity index (χ0v) is 24.2. The first-order chi connectivity index (χ1) is 22.3. The average molecular weight is 576 g/mol. The van der Waals surface area contributed by atoms with E-state index in [1.165, 1.54) is 32.4 Å². The van der Waals surface area contributed by atoms with Gasteiger partial charge in [0.15, 0.2) is 0 Å². The summed E-state index contributed by atoms with van der Waals surface area (Å²) in [5.74, 6) is 0. The maximum absolute atomic E-state index is 4.84. The molecule has 10 aromatic rings. The molecule has 0 saturated carbocycles. The molecule has 0 saturated heterocycles. The van der Waals surface area contributed by atoms with Gasteiger partial charge < -0.3 is 9.13 Å². The van der Waals surface area contributed by atoms with Gasteiger partial charge in [0.05, 0.1) is 33.8 Å². The first-order valence-corrected chi connectivity index (χ1v) is 15.2. The Kier molecular flexibility index (Phi) is 4.93. The van der Waals surface area contributed by atoms with Crippen LogP contribution in [0.1, 0.15) is 0 Å². The molecular weight excluding hydrogens is 550 g/mol. The number of hydrogen-bond donors (Lipinski definition) is 0. The molecule has 45 heavy (non-hydrogen) atoms. The van der Waals surface area contributed by atoms with E-state index in [0.29, 0.717) is 0 Å². The Morgan fingerprint density at radius 2 is 0.911 bits per heavy atom. The lowest BCUT2D eigenvalue weighted by Crippen LogP contribution is -1.96. The van der Waals surface area contributed by atoms with Crippen LogP contribution in [0, 0.1) is 0 Å². The van der Waals surface area contributed by atoms with Crippen molar-refractivity contribution < 1.29 is 0 Å². The lowest BCUT2D eigenvalue weighted by molar-refractivity contribution is 1.13. The quantitative estimate of drug-likeness (QED) is 0.210. The lowest BCUT2D eigenvalue weighted by atomic mass is 10.1. The Bertz CT molecular complexity index is 2490. The molecule has 0 radical (unpaired) electrons. The molecule has 0 amide bonds. The van der Waals surface area contributed by atoms with Crippen LogP contribution in [0.5, 0.6) is 0 Å². The van der Waals surface area contributed by atoms with E-state index in [-0.39, 0.29) is 0 Å². The lowest BCUT2D eigenvalue weighted by Gasteiger charge is -2.10. The largest absolute Gasteiger partial charge is 0.309 e. The van der Waals surface area contributed by atoms with Crippen LogP contribution in [0.15, 0.2) is 152 Å². The summed E-state index contributed by atoms with van der Waals surface area (Å²) in [7, 11) is 0. The summed E-state index contributed by atoms with van der Waals surface area (Å²) in [6, 6.07) is 47.7. The number of nitrogens with zero attached hydrogens (tertiary/aromatic N) is 5. The van der Waals surface area contributed by atoms with E-state index in [1.54, 1.807) is 0 Å². The minimum absolute atomic E-state index is 0.961. The van der Waals surface area contributed by atoms with E-state index in [2.05, 4.69) is 146 Å². The zero-order chi connectivity index (χ0) is 29.5. The zero-order valence-electron chi connectivity index (χ0n) is 24.2. The van der Waals surface area contributed by atoms with Gasteiger partial charge in [-0.2, -0.15) is 0 Å².